The molecule has 0 aliphatic heterocycles. The molecule has 6 heteroatoms. The van der Waals surface area contributed by atoms with Crippen LogP contribution in [-0.2, 0) is 7.05 Å². The van der Waals surface area contributed by atoms with Crippen molar-refractivity contribution in [2.24, 2.45) is 7.05 Å². The Morgan fingerprint density at radius 2 is 1.10 bits per heavy atom. The van der Waals surface area contributed by atoms with Gasteiger partial charge in [0.15, 0.2) is 11.6 Å². The summed E-state index contributed by atoms with van der Waals surface area (Å²) in [5.41, 5.74) is 14.3. The lowest BCUT2D eigenvalue weighted by atomic mass is 10.1. The fourth-order valence-electron chi connectivity index (χ4n) is 6.37. The van der Waals surface area contributed by atoms with Crippen molar-refractivity contribution in [1.29, 1.82) is 0 Å². The first-order valence-corrected chi connectivity index (χ1v) is 13.7. The van der Waals surface area contributed by atoms with E-state index in [4.69, 9.17) is 10.8 Å². The van der Waals surface area contributed by atoms with Crippen molar-refractivity contribution in [3.8, 4) is 11.5 Å². The molecule has 0 fully saturated rings. The molecule has 0 amide bonds. The van der Waals surface area contributed by atoms with Crippen LogP contribution >= 0.6 is 0 Å². The molecule has 0 unspecified atom stereocenters. The van der Waals surface area contributed by atoms with E-state index in [0.717, 1.165) is 44.8 Å². The lowest BCUT2D eigenvalue weighted by Gasteiger charge is -2.19. The molecule has 0 spiro atoms. The molecule has 5 aromatic carbocycles. The Labute approximate surface area is 237 Å². The van der Waals surface area contributed by atoms with Gasteiger partial charge in [0.05, 0.1) is 22.1 Å². The Balaban J connectivity index is 1.46. The molecule has 0 aliphatic carbocycles. The van der Waals surface area contributed by atoms with Crippen LogP contribution in [0.15, 0.2) is 121 Å². The van der Waals surface area contributed by atoms with Gasteiger partial charge in [-0.3, -0.25) is 4.57 Å². The Bertz CT molecular complexity index is 2240. The lowest BCUT2D eigenvalue weighted by molar-refractivity contribution is 0.751. The average molecular weight is 533 g/mol. The molecular weight excluding hydrogens is 504 g/mol. The minimum Gasteiger partial charge on any atom is -0.393 e. The van der Waals surface area contributed by atoms with E-state index in [1.54, 1.807) is 0 Å². The summed E-state index contributed by atoms with van der Waals surface area (Å²) in [4.78, 5) is 2.09. The fraction of sp³-hybridized carbons (Fsp3) is 0.0571. The highest BCUT2D eigenvalue weighted by atomic mass is 15.4. The molecular formula is C35H28N6. The standard InChI is InChI=1S/C35H28N6/c1-38(23-13-5-3-6-14-23)35-33(36)34(37-39(35)2)41-30-20-12-10-18-26(30)28-21-31-27(22-32(28)41)25-17-9-11-19-29(25)40(31)24-15-7-4-8-16-24/h3-22H,36H2,1-2H3. The summed E-state index contributed by atoms with van der Waals surface area (Å²) in [5, 5.41) is 9.73. The Morgan fingerprint density at radius 1 is 0.585 bits per heavy atom. The van der Waals surface area contributed by atoms with Crippen LogP contribution in [0.3, 0.4) is 0 Å². The van der Waals surface area contributed by atoms with E-state index in [1.165, 1.54) is 21.8 Å². The number of aromatic nitrogens is 4. The molecule has 2 N–H and O–H groups in total. The number of anilines is 3. The molecule has 3 heterocycles. The summed E-state index contributed by atoms with van der Waals surface area (Å²) in [6.45, 7) is 0. The van der Waals surface area contributed by atoms with Gasteiger partial charge in [-0.05, 0) is 48.5 Å². The minimum atomic E-state index is 0.633. The second-order valence-electron chi connectivity index (χ2n) is 10.5. The van der Waals surface area contributed by atoms with Gasteiger partial charge in [0.2, 0.25) is 0 Å². The predicted octanol–water partition coefficient (Wildman–Crippen LogP) is 7.96. The quantitative estimate of drug-likeness (QED) is 0.250. The smallest absolute Gasteiger partial charge is 0.185 e. The van der Waals surface area contributed by atoms with Crippen LogP contribution in [0.4, 0.5) is 17.2 Å². The van der Waals surface area contributed by atoms with Gasteiger partial charge in [-0.2, -0.15) is 5.10 Å². The summed E-state index contributed by atoms with van der Waals surface area (Å²) in [7, 11) is 3.98. The van der Waals surface area contributed by atoms with E-state index in [0.29, 0.717) is 5.69 Å². The number of hydrogen-bond acceptors (Lipinski definition) is 3. The van der Waals surface area contributed by atoms with Gasteiger partial charge in [-0.25, -0.2) is 4.68 Å². The van der Waals surface area contributed by atoms with Crippen LogP contribution in [-0.4, -0.2) is 26.0 Å². The topological polar surface area (TPSA) is 56.9 Å². The van der Waals surface area contributed by atoms with Crippen molar-refractivity contribution in [2.75, 3.05) is 17.7 Å². The van der Waals surface area contributed by atoms with Crippen LogP contribution in [0.5, 0.6) is 0 Å². The number of para-hydroxylation sites is 4. The maximum atomic E-state index is 6.95. The normalized spacial score (nSPS) is 11.8. The molecule has 198 valence electrons. The highest BCUT2D eigenvalue weighted by Crippen LogP contribution is 2.41. The molecule has 3 aromatic heterocycles. The molecule has 0 atom stereocenters. The second-order valence-corrected chi connectivity index (χ2v) is 10.5. The first-order chi connectivity index (χ1) is 20.1. The van der Waals surface area contributed by atoms with Gasteiger partial charge in [0, 0.05) is 47.0 Å². The molecule has 0 aliphatic rings. The van der Waals surface area contributed by atoms with E-state index in [1.807, 2.05) is 37.0 Å². The molecule has 41 heavy (non-hydrogen) atoms. The molecule has 8 aromatic rings. The van der Waals surface area contributed by atoms with Crippen LogP contribution in [0.2, 0.25) is 0 Å². The molecule has 0 bridgehead atoms. The van der Waals surface area contributed by atoms with Crippen molar-refractivity contribution in [1.82, 2.24) is 18.9 Å². The van der Waals surface area contributed by atoms with Crippen molar-refractivity contribution >= 4 is 60.8 Å². The maximum Gasteiger partial charge on any atom is 0.185 e. The zero-order valence-corrected chi connectivity index (χ0v) is 22.9. The van der Waals surface area contributed by atoms with Crippen molar-refractivity contribution < 1.29 is 0 Å². The number of aryl methyl sites for hydroxylation is 1. The SMILES string of the molecule is CN(c1ccccc1)c1c(N)c(-n2c3ccccc3c3cc4c(cc32)c2ccccc2n4-c2ccccc2)nn1C. The Hall–Kier alpha value is -5.49. The summed E-state index contributed by atoms with van der Waals surface area (Å²) in [5.74, 6) is 1.57. The largest absolute Gasteiger partial charge is 0.393 e. The number of hydrogen-bond donors (Lipinski definition) is 1. The van der Waals surface area contributed by atoms with Gasteiger partial charge < -0.3 is 15.2 Å². The number of rotatable bonds is 4. The molecule has 0 saturated heterocycles. The third kappa shape index (κ3) is 3.34. The second kappa shape index (κ2) is 8.76. The zero-order chi connectivity index (χ0) is 27.7. The zero-order valence-electron chi connectivity index (χ0n) is 22.9. The Kier molecular flexibility index (Phi) is 5.00. The first kappa shape index (κ1) is 23.4. The Morgan fingerprint density at radius 3 is 1.73 bits per heavy atom. The van der Waals surface area contributed by atoms with E-state index >= 15 is 0 Å². The third-order valence-corrected chi connectivity index (χ3v) is 8.19. The minimum absolute atomic E-state index is 0.633. The van der Waals surface area contributed by atoms with Crippen molar-refractivity contribution in [3.05, 3.63) is 121 Å². The van der Waals surface area contributed by atoms with Gasteiger partial charge in [-0.15, -0.1) is 0 Å². The van der Waals surface area contributed by atoms with E-state index < -0.39 is 0 Å². The number of benzene rings is 5. The molecule has 8 rings (SSSR count). The van der Waals surface area contributed by atoms with Gasteiger partial charge in [-0.1, -0.05) is 72.8 Å². The van der Waals surface area contributed by atoms with E-state index in [2.05, 4.69) is 117 Å². The fourth-order valence-corrected chi connectivity index (χ4v) is 6.37. The van der Waals surface area contributed by atoms with Crippen LogP contribution in [0, 0.1) is 0 Å². The number of nitrogen functional groups attached to an aromatic ring is 1. The van der Waals surface area contributed by atoms with E-state index in [-0.39, 0.29) is 0 Å². The van der Waals surface area contributed by atoms with Gasteiger partial charge in [0.1, 0.15) is 5.69 Å². The molecule has 0 saturated carbocycles. The monoisotopic (exact) mass is 532 g/mol. The first-order valence-electron chi connectivity index (χ1n) is 13.7. The summed E-state index contributed by atoms with van der Waals surface area (Å²) in [6, 6.07) is 42.6. The van der Waals surface area contributed by atoms with Crippen LogP contribution in [0.1, 0.15) is 0 Å². The lowest BCUT2D eigenvalue weighted by Crippen LogP contribution is -2.14. The van der Waals surface area contributed by atoms with Gasteiger partial charge in [0.25, 0.3) is 0 Å². The molecule has 0 radical (unpaired) electrons. The summed E-state index contributed by atoms with van der Waals surface area (Å²) < 4.78 is 6.45. The number of nitrogens with two attached hydrogens (primary N) is 1. The molecule has 6 nitrogen and oxygen atoms in total. The van der Waals surface area contributed by atoms with E-state index in [9.17, 15) is 0 Å². The maximum absolute atomic E-state index is 6.95. The van der Waals surface area contributed by atoms with Crippen molar-refractivity contribution in [2.45, 2.75) is 0 Å². The highest BCUT2D eigenvalue weighted by molar-refractivity contribution is 6.19. The predicted molar refractivity (Wildman–Crippen MR) is 171 cm³/mol. The number of nitrogens with zero attached hydrogens (tertiary/aromatic N) is 5. The summed E-state index contributed by atoms with van der Waals surface area (Å²) in [6.07, 6.45) is 0. The summed E-state index contributed by atoms with van der Waals surface area (Å²) >= 11 is 0. The number of fused-ring (bicyclic) bond motifs is 6. The average Bonchev–Trinajstić information content (AvgIpc) is 3.62. The third-order valence-electron chi connectivity index (χ3n) is 8.19. The van der Waals surface area contributed by atoms with Gasteiger partial charge >= 0.3 is 0 Å². The van der Waals surface area contributed by atoms with Crippen molar-refractivity contribution in [3.63, 3.8) is 0 Å². The van der Waals surface area contributed by atoms with Crippen LogP contribution < -0.4 is 10.6 Å². The van der Waals surface area contributed by atoms with Crippen LogP contribution in [0.25, 0.3) is 55.1 Å². The highest BCUT2D eigenvalue weighted by Gasteiger charge is 2.24.